The Bertz CT molecular complexity index is 1250. The van der Waals surface area contributed by atoms with Gasteiger partial charge in [0, 0.05) is 36.8 Å². The van der Waals surface area contributed by atoms with Crippen molar-refractivity contribution in [2.24, 2.45) is 0 Å². The molecule has 2 aliphatic heterocycles. The fourth-order valence-electron chi connectivity index (χ4n) is 5.73. The number of nitrogens with zero attached hydrogens (tertiary/aromatic N) is 2. The van der Waals surface area contributed by atoms with Gasteiger partial charge in [0.1, 0.15) is 0 Å². The van der Waals surface area contributed by atoms with E-state index in [9.17, 15) is 0 Å². The molecule has 182 valence electrons. The van der Waals surface area contributed by atoms with Crippen LogP contribution in [0.1, 0.15) is 26.3 Å². The molecule has 0 spiro atoms. The predicted molar refractivity (Wildman–Crippen MR) is 165 cm³/mol. The van der Waals surface area contributed by atoms with Crippen molar-refractivity contribution in [1.29, 1.82) is 0 Å². The molecule has 0 N–H and O–H groups in total. The van der Waals surface area contributed by atoms with Crippen molar-refractivity contribution < 1.29 is 0 Å². The van der Waals surface area contributed by atoms with E-state index >= 15 is 0 Å². The molecule has 0 fully saturated rings. The smallest absolute Gasteiger partial charge is 0.252 e. The van der Waals surface area contributed by atoms with Gasteiger partial charge in [-0.2, -0.15) is 0 Å². The molecule has 0 saturated carbocycles. The van der Waals surface area contributed by atoms with Crippen LogP contribution in [0.3, 0.4) is 0 Å². The van der Waals surface area contributed by atoms with Crippen molar-refractivity contribution in [2.45, 2.75) is 65.5 Å². The first-order chi connectivity index (χ1) is 16.1. The fourth-order valence-corrected chi connectivity index (χ4v) is 8.04. The van der Waals surface area contributed by atoms with Crippen molar-refractivity contribution >= 4 is 72.4 Å². The van der Waals surface area contributed by atoms with Gasteiger partial charge in [0.15, 0.2) is 0 Å². The minimum absolute atomic E-state index is 0.0869. The average Bonchev–Trinajstić information content (AvgIpc) is 2.75. The third kappa shape index (κ3) is 3.82. The Hall–Kier alpha value is -2.24. The van der Waals surface area contributed by atoms with Gasteiger partial charge in [-0.05, 0) is 51.6 Å². The topological polar surface area (TPSA) is 6.48 Å². The summed E-state index contributed by atoms with van der Waals surface area (Å²) in [6.07, 6.45) is 0. The predicted octanol–water partition coefficient (Wildman–Crippen LogP) is 4.75. The van der Waals surface area contributed by atoms with Crippen LogP contribution in [-0.4, -0.2) is 37.0 Å². The lowest BCUT2D eigenvalue weighted by molar-refractivity contribution is 0.590. The lowest BCUT2D eigenvalue weighted by Gasteiger charge is -2.43. The maximum absolute atomic E-state index is 2.50. The second-order valence-corrected chi connectivity index (χ2v) is 23.9. The van der Waals surface area contributed by atoms with Crippen LogP contribution in [0.2, 0.25) is 39.3 Å². The minimum Gasteiger partial charge on any atom is -0.345 e. The van der Waals surface area contributed by atoms with E-state index in [4.69, 9.17) is 0 Å². The Labute approximate surface area is 215 Å². The molecule has 0 aliphatic carbocycles. The van der Waals surface area contributed by atoms with Crippen LogP contribution in [0.15, 0.2) is 48.5 Å². The molecule has 35 heavy (non-hydrogen) atoms. The zero-order valence-corrected chi connectivity index (χ0v) is 25.6. The van der Waals surface area contributed by atoms with Gasteiger partial charge in [0.05, 0.1) is 16.1 Å². The van der Waals surface area contributed by atoms with Crippen LogP contribution >= 0.6 is 0 Å². The van der Waals surface area contributed by atoms with Gasteiger partial charge in [-0.25, -0.2) is 0 Å². The van der Waals surface area contributed by atoms with Crippen LogP contribution < -0.4 is 36.6 Å². The second kappa shape index (κ2) is 7.63. The number of hydrogen-bond donors (Lipinski definition) is 0. The van der Waals surface area contributed by atoms with Gasteiger partial charge in [0.25, 0.3) is 6.71 Å². The zero-order chi connectivity index (χ0) is 25.7. The zero-order valence-electron chi connectivity index (χ0n) is 23.6. The molecular formula is C30H41BN2Si2. The number of hydrogen-bond acceptors (Lipinski definition) is 2. The molecular weight excluding hydrogens is 455 g/mol. The maximum Gasteiger partial charge on any atom is 0.252 e. The third-order valence-corrected chi connectivity index (χ3v) is 12.2. The van der Waals surface area contributed by atoms with E-state index in [1.54, 1.807) is 0 Å². The summed E-state index contributed by atoms with van der Waals surface area (Å²) in [4.78, 5) is 4.94. The molecule has 0 radical (unpaired) electrons. The summed E-state index contributed by atoms with van der Waals surface area (Å²) in [6, 6.07) is 19.6. The molecule has 5 heteroatoms. The minimum atomic E-state index is -1.43. The van der Waals surface area contributed by atoms with E-state index < -0.39 is 16.1 Å². The molecule has 2 heterocycles. The van der Waals surface area contributed by atoms with Crippen LogP contribution in [0.5, 0.6) is 0 Å². The number of benzene rings is 3. The lowest BCUT2D eigenvalue weighted by atomic mass is 9.33. The summed E-state index contributed by atoms with van der Waals surface area (Å²) in [6.45, 7) is 22.0. The number of anilines is 4. The lowest BCUT2D eigenvalue weighted by Crippen LogP contribution is -2.62. The Morgan fingerprint density at radius 1 is 0.600 bits per heavy atom. The normalized spacial score (nSPS) is 15.1. The van der Waals surface area contributed by atoms with Gasteiger partial charge >= 0.3 is 0 Å². The molecule has 0 amide bonds. The summed E-state index contributed by atoms with van der Waals surface area (Å²) < 4.78 is 0. The van der Waals surface area contributed by atoms with Gasteiger partial charge in [-0.3, -0.25) is 0 Å². The molecule has 2 nitrogen and oxygen atoms in total. The highest BCUT2D eigenvalue weighted by atomic mass is 28.3. The first kappa shape index (κ1) is 24.5. The Kier molecular flexibility index (Phi) is 5.33. The molecule has 3 aromatic carbocycles. The highest BCUT2D eigenvalue weighted by Gasteiger charge is 2.42. The molecule has 3 aromatic rings. The molecule has 0 bridgehead atoms. The van der Waals surface area contributed by atoms with Crippen LogP contribution in [-0.2, 0) is 5.41 Å². The van der Waals surface area contributed by atoms with Crippen molar-refractivity contribution in [3.8, 4) is 0 Å². The van der Waals surface area contributed by atoms with E-state index in [1.165, 1.54) is 55.1 Å². The van der Waals surface area contributed by atoms with Crippen molar-refractivity contribution in [1.82, 2.24) is 0 Å². The Balaban J connectivity index is 1.85. The van der Waals surface area contributed by atoms with Gasteiger partial charge in [-0.15, -0.1) is 0 Å². The number of fused-ring (bicyclic) bond motifs is 4. The van der Waals surface area contributed by atoms with Crippen LogP contribution in [0.4, 0.5) is 22.7 Å². The molecule has 0 saturated heterocycles. The van der Waals surface area contributed by atoms with Crippen molar-refractivity contribution in [3.63, 3.8) is 0 Å². The second-order valence-electron chi connectivity index (χ2n) is 13.8. The average molecular weight is 497 g/mol. The number of rotatable bonds is 2. The first-order valence-corrected chi connectivity index (χ1v) is 20.0. The van der Waals surface area contributed by atoms with Crippen LogP contribution in [0.25, 0.3) is 0 Å². The SMILES string of the molecule is CN1c2cc([Si](C)(C)C)ccc2B2c3ccc([Si](C)(C)C)cc3N(C)c3cc(C(C)(C)C)cc1c32. The van der Waals surface area contributed by atoms with Crippen LogP contribution in [0, 0.1) is 0 Å². The van der Waals surface area contributed by atoms with E-state index in [-0.39, 0.29) is 12.1 Å². The van der Waals surface area contributed by atoms with E-state index in [2.05, 4.69) is 132 Å². The monoisotopic (exact) mass is 496 g/mol. The van der Waals surface area contributed by atoms with E-state index in [1.807, 2.05) is 0 Å². The molecule has 0 aromatic heterocycles. The summed E-state index contributed by atoms with van der Waals surface area (Å²) in [7, 11) is 1.70. The molecule has 5 rings (SSSR count). The molecule has 0 atom stereocenters. The standard InChI is InChI=1S/C30H41BN2Si2/c1-30(2,3)20-16-27-29-28(17-20)33(5)26-19-22(35(9,10)11)13-15-24(26)31(29)23-14-12-21(34(6,7)8)18-25(23)32(27)4/h12-19H,1-11H3. The summed E-state index contributed by atoms with van der Waals surface area (Å²) >= 11 is 0. The highest BCUT2D eigenvalue weighted by Crippen LogP contribution is 2.39. The Morgan fingerprint density at radius 3 is 1.34 bits per heavy atom. The summed E-state index contributed by atoms with van der Waals surface area (Å²) in [5.41, 5.74) is 11.3. The fraction of sp³-hybridized carbons (Fsp3) is 0.400. The molecule has 2 aliphatic rings. The summed E-state index contributed by atoms with van der Waals surface area (Å²) in [5, 5.41) is 3.06. The van der Waals surface area contributed by atoms with E-state index in [0.29, 0.717) is 0 Å². The van der Waals surface area contributed by atoms with Gasteiger partial charge in [-0.1, -0.05) is 94.7 Å². The largest absolute Gasteiger partial charge is 0.345 e. The maximum atomic E-state index is 2.50. The van der Waals surface area contributed by atoms with Crippen molar-refractivity contribution in [3.05, 3.63) is 54.1 Å². The van der Waals surface area contributed by atoms with Crippen molar-refractivity contribution in [2.75, 3.05) is 23.9 Å². The van der Waals surface area contributed by atoms with Gasteiger partial charge in [0.2, 0.25) is 0 Å². The van der Waals surface area contributed by atoms with Gasteiger partial charge < -0.3 is 9.80 Å². The molecule has 0 unspecified atom stereocenters. The quantitative estimate of drug-likeness (QED) is 0.473. The third-order valence-electron chi connectivity index (χ3n) is 8.15. The first-order valence-electron chi connectivity index (χ1n) is 13.0. The van der Waals surface area contributed by atoms with E-state index in [0.717, 1.165) is 0 Å². The highest BCUT2D eigenvalue weighted by molar-refractivity contribution is 7.00. The Morgan fingerprint density at radius 2 is 1.00 bits per heavy atom. The summed E-state index contributed by atoms with van der Waals surface area (Å²) in [5.74, 6) is 0.